The molecule has 1 aromatic carbocycles. The molecule has 0 saturated heterocycles. The smallest absolute Gasteiger partial charge is 0.413 e. The normalized spacial score (nSPS) is 13.9. The fraction of sp³-hybridized carbons (Fsp3) is 0.312. The number of ether oxygens (including phenoxy) is 1. The van der Waals surface area contributed by atoms with E-state index in [1.807, 2.05) is 30.3 Å². The van der Waals surface area contributed by atoms with Crippen LogP contribution in [0.2, 0.25) is 0 Å². The number of carbonyl (C=O) groups excluding carboxylic acids is 2. The Bertz CT molecular complexity index is 732. The molecule has 0 aliphatic carbocycles. The van der Waals surface area contributed by atoms with Crippen molar-refractivity contribution in [3.8, 4) is 0 Å². The van der Waals surface area contributed by atoms with E-state index in [0.29, 0.717) is 18.2 Å². The number of para-hydroxylation sites is 1. The first-order chi connectivity index (χ1) is 11.6. The van der Waals surface area contributed by atoms with Crippen LogP contribution >= 0.6 is 11.3 Å². The van der Waals surface area contributed by atoms with Crippen molar-refractivity contribution in [1.82, 2.24) is 9.88 Å². The van der Waals surface area contributed by atoms with Gasteiger partial charge in [0, 0.05) is 30.1 Å². The van der Waals surface area contributed by atoms with Gasteiger partial charge in [0.25, 0.3) is 0 Å². The van der Waals surface area contributed by atoms with Crippen LogP contribution in [0.1, 0.15) is 10.6 Å². The number of amides is 2. The molecule has 0 bridgehead atoms. The molecular weight excluding hydrogens is 328 g/mol. The second-order valence-corrected chi connectivity index (χ2v) is 6.46. The van der Waals surface area contributed by atoms with E-state index in [4.69, 9.17) is 0 Å². The number of benzene rings is 1. The first-order valence-electron chi connectivity index (χ1n) is 7.55. The summed E-state index contributed by atoms with van der Waals surface area (Å²) in [5.41, 5.74) is 1.77. The van der Waals surface area contributed by atoms with Gasteiger partial charge in [-0.3, -0.25) is 15.0 Å². The molecule has 0 fully saturated rings. The summed E-state index contributed by atoms with van der Waals surface area (Å²) in [6, 6.07) is 9.40. The summed E-state index contributed by atoms with van der Waals surface area (Å²) >= 11 is 1.42. The van der Waals surface area contributed by atoms with E-state index in [0.717, 1.165) is 29.2 Å². The topological polar surface area (TPSA) is 83.6 Å². The van der Waals surface area contributed by atoms with Gasteiger partial charge in [-0.25, -0.2) is 9.78 Å². The highest BCUT2D eigenvalue weighted by atomic mass is 32.1. The molecule has 8 heteroatoms. The Morgan fingerprint density at radius 2 is 2.08 bits per heavy atom. The van der Waals surface area contributed by atoms with E-state index in [-0.39, 0.29) is 5.91 Å². The SMILES string of the molecule is COC(=O)Nc1nc2c(s1)CN(CC(=O)Nc1ccccc1)CC2. The lowest BCUT2D eigenvalue weighted by molar-refractivity contribution is -0.117. The molecule has 126 valence electrons. The summed E-state index contributed by atoms with van der Waals surface area (Å²) in [6.07, 6.45) is 0.230. The Balaban J connectivity index is 1.56. The number of nitrogens with zero attached hydrogens (tertiary/aromatic N) is 2. The zero-order chi connectivity index (χ0) is 16.9. The van der Waals surface area contributed by atoms with Gasteiger partial charge in [0.05, 0.1) is 19.3 Å². The van der Waals surface area contributed by atoms with E-state index < -0.39 is 6.09 Å². The lowest BCUT2D eigenvalue weighted by atomic mass is 10.2. The van der Waals surface area contributed by atoms with Crippen molar-refractivity contribution in [3.63, 3.8) is 0 Å². The van der Waals surface area contributed by atoms with Crippen LogP contribution in [0.15, 0.2) is 30.3 Å². The molecule has 3 rings (SSSR count). The molecule has 0 radical (unpaired) electrons. The zero-order valence-corrected chi connectivity index (χ0v) is 14.1. The highest BCUT2D eigenvalue weighted by molar-refractivity contribution is 7.15. The van der Waals surface area contributed by atoms with Crippen LogP contribution in [0, 0.1) is 0 Å². The van der Waals surface area contributed by atoms with Crippen LogP contribution in [0.5, 0.6) is 0 Å². The number of methoxy groups -OCH3 is 1. The number of aromatic nitrogens is 1. The Morgan fingerprint density at radius 3 is 2.83 bits per heavy atom. The van der Waals surface area contributed by atoms with Crippen molar-refractivity contribution in [2.75, 3.05) is 30.8 Å². The van der Waals surface area contributed by atoms with Gasteiger partial charge in [-0.15, -0.1) is 0 Å². The van der Waals surface area contributed by atoms with Crippen LogP contribution in [0.25, 0.3) is 0 Å². The van der Waals surface area contributed by atoms with Gasteiger partial charge in [-0.2, -0.15) is 0 Å². The lowest BCUT2D eigenvalue weighted by Crippen LogP contribution is -2.36. The minimum Gasteiger partial charge on any atom is -0.453 e. The maximum absolute atomic E-state index is 12.1. The van der Waals surface area contributed by atoms with E-state index in [9.17, 15) is 9.59 Å². The summed E-state index contributed by atoms with van der Waals surface area (Å²) in [4.78, 5) is 30.9. The maximum Gasteiger partial charge on any atom is 0.413 e. The van der Waals surface area contributed by atoms with Crippen LogP contribution in [-0.2, 0) is 22.5 Å². The molecule has 24 heavy (non-hydrogen) atoms. The molecule has 2 aromatic rings. The molecule has 2 amide bonds. The monoisotopic (exact) mass is 346 g/mol. The predicted octanol–water partition coefficient (Wildman–Crippen LogP) is 2.32. The second kappa shape index (κ2) is 7.41. The van der Waals surface area contributed by atoms with Crippen molar-refractivity contribution < 1.29 is 14.3 Å². The average molecular weight is 346 g/mol. The molecule has 0 saturated carbocycles. The molecule has 1 aliphatic heterocycles. The van der Waals surface area contributed by atoms with Gasteiger partial charge in [0.2, 0.25) is 5.91 Å². The van der Waals surface area contributed by atoms with Crippen LogP contribution in [-0.4, -0.2) is 42.1 Å². The van der Waals surface area contributed by atoms with Crippen molar-refractivity contribution in [2.24, 2.45) is 0 Å². The van der Waals surface area contributed by atoms with E-state index in [1.54, 1.807) is 0 Å². The van der Waals surface area contributed by atoms with E-state index in [1.165, 1.54) is 18.4 Å². The summed E-state index contributed by atoms with van der Waals surface area (Å²) in [5.74, 6) is -0.0397. The van der Waals surface area contributed by atoms with Crippen molar-refractivity contribution in [1.29, 1.82) is 0 Å². The fourth-order valence-corrected chi connectivity index (χ4v) is 3.54. The Hall–Kier alpha value is -2.45. The van der Waals surface area contributed by atoms with E-state index >= 15 is 0 Å². The third-order valence-corrected chi connectivity index (χ3v) is 4.63. The Morgan fingerprint density at radius 1 is 1.29 bits per heavy atom. The van der Waals surface area contributed by atoms with Crippen molar-refractivity contribution in [2.45, 2.75) is 13.0 Å². The Kier molecular flexibility index (Phi) is 5.07. The Labute approximate surface area is 143 Å². The van der Waals surface area contributed by atoms with Gasteiger partial charge in [0.1, 0.15) is 0 Å². The van der Waals surface area contributed by atoms with Gasteiger partial charge >= 0.3 is 6.09 Å². The highest BCUT2D eigenvalue weighted by Crippen LogP contribution is 2.28. The molecule has 2 heterocycles. The van der Waals surface area contributed by atoms with Crippen LogP contribution in [0.4, 0.5) is 15.6 Å². The number of anilines is 2. The van der Waals surface area contributed by atoms with Crippen molar-refractivity contribution in [3.05, 3.63) is 40.9 Å². The summed E-state index contributed by atoms with van der Waals surface area (Å²) in [7, 11) is 1.32. The number of rotatable bonds is 4. The molecule has 0 spiro atoms. The van der Waals surface area contributed by atoms with Gasteiger partial charge < -0.3 is 10.1 Å². The lowest BCUT2D eigenvalue weighted by Gasteiger charge is -2.25. The van der Waals surface area contributed by atoms with Crippen LogP contribution in [0.3, 0.4) is 0 Å². The molecule has 2 N–H and O–H groups in total. The average Bonchev–Trinajstić information content (AvgIpc) is 2.97. The van der Waals surface area contributed by atoms with Gasteiger partial charge in [0.15, 0.2) is 5.13 Å². The maximum atomic E-state index is 12.1. The molecule has 1 aliphatic rings. The number of fused-ring (bicyclic) bond motifs is 1. The number of hydrogen-bond donors (Lipinski definition) is 2. The minimum absolute atomic E-state index is 0.0397. The second-order valence-electron chi connectivity index (χ2n) is 5.38. The number of hydrogen-bond acceptors (Lipinski definition) is 6. The molecule has 1 aromatic heterocycles. The largest absolute Gasteiger partial charge is 0.453 e. The molecule has 0 unspecified atom stereocenters. The minimum atomic E-state index is -0.528. The third kappa shape index (κ3) is 4.09. The first-order valence-corrected chi connectivity index (χ1v) is 8.36. The number of thiazole rings is 1. The fourth-order valence-electron chi connectivity index (χ4n) is 2.50. The van der Waals surface area contributed by atoms with Crippen LogP contribution < -0.4 is 10.6 Å². The highest BCUT2D eigenvalue weighted by Gasteiger charge is 2.22. The van der Waals surface area contributed by atoms with Gasteiger partial charge in [-0.1, -0.05) is 29.5 Å². The quantitative estimate of drug-likeness (QED) is 0.888. The summed E-state index contributed by atoms with van der Waals surface area (Å²) in [5, 5.41) is 6.00. The first kappa shape index (κ1) is 16.4. The predicted molar refractivity (Wildman–Crippen MR) is 92.2 cm³/mol. The summed E-state index contributed by atoms with van der Waals surface area (Å²) < 4.78 is 4.57. The summed E-state index contributed by atoms with van der Waals surface area (Å²) in [6.45, 7) is 1.74. The third-order valence-electron chi connectivity index (χ3n) is 3.63. The molecular formula is C16H18N4O3S. The van der Waals surface area contributed by atoms with Gasteiger partial charge in [-0.05, 0) is 12.1 Å². The van der Waals surface area contributed by atoms with E-state index in [2.05, 4.69) is 25.3 Å². The zero-order valence-electron chi connectivity index (χ0n) is 13.2. The number of nitrogens with one attached hydrogen (secondary N) is 2. The number of carbonyl (C=O) groups is 2. The molecule has 0 atom stereocenters. The van der Waals surface area contributed by atoms with Crippen molar-refractivity contribution >= 4 is 34.2 Å². The standard InChI is InChI=1S/C16H18N4O3S/c1-23-16(22)19-15-18-12-7-8-20(9-13(12)24-15)10-14(21)17-11-5-3-2-4-6-11/h2-6H,7-10H2,1H3,(H,17,21)(H,18,19,22). The molecule has 7 nitrogen and oxygen atoms in total.